The number of likely N-dealkylation sites (tertiary alicyclic amines) is 1. The van der Waals surface area contributed by atoms with Crippen molar-refractivity contribution in [1.29, 1.82) is 0 Å². The summed E-state index contributed by atoms with van der Waals surface area (Å²) in [6.07, 6.45) is 1.15. The molecule has 104 valence electrons. The van der Waals surface area contributed by atoms with Crippen molar-refractivity contribution >= 4 is 17.5 Å². The van der Waals surface area contributed by atoms with Crippen LogP contribution in [-0.2, 0) is 0 Å². The first-order chi connectivity index (χ1) is 9.10. The van der Waals surface area contributed by atoms with Gasteiger partial charge in [0.05, 0.1) is 5.69 Å². The highest BCUT2D eigenvalue weighted by molar-refractivity contribution is 5.86. The van der Waals surface area contributed by atoms with Gasteiger partial charge in [-0.2, -0.15) is 0 Å². The Morgan fingerprint density at radius 1 is 1.63 bits per heavy atom. The van der Waals surface area contributed by atoms with Crippen LogP contribution in [0.25, 0.3) is 0 Å². The molecule has 2 rings (SSSR count). The van der Waals surface area contributed by atoms with Crippen molar-refractivity contribution in [2.24, 2.45) is 5.92 Å². The fourth-order valence-electron chi connectivity index (χ4n) is 2.34. The number of hydrogen-bond donors (Lipinski definition) is 3. The van der Waals surface area contributed by atoms with E-state index < -0.39 is 5.97 Å². The number of carboxylic acid groups (broad SMARTS) is 1. The third kappa shape index (κ3) is 3.35. The van der Waals surface area contributed by atoms with Gasteiger partial charge in [-0.15, -0.1) is 0 Å². The van der Waals surface area contributed by atoms with Gasteiger partial charge in [-0.1, -0.05) is 6.92 Å². The lowest BCUT2D eigenvalue weighted by molar-refractivity contribution is 0.0690. The second-order valence-electron chi connectivity index (χ2n) is 4.87. The van der Waals surface area contributed by atoms with Gasteiger partial charge in [0.15, 0.2) is 5.69 Å². The Bertz CT molecular complexity index is 464. The van der Waals surface area contributed by atoms with Gasteiger partial charge < -0.3 is 21.1 Å². The van der Waals surface area contributed by atoms with Gasteiger partial charge in [0.1, 0.15) is 5.82 Å². The number of nitrogens with two attached hydrogens (primary N) is 1. The first kappa shape index (κ1) is 13.6. The summed E-state index contributed by atoms with van der Waals surface area (Å²) in [7, 11) is 0. The van der Waals surface area contributed by atoms with Crippen molar-refractivity contribution in [3.8, 4) is 0 Å². The molecular formula is C13H20N4O2. The minimum atomic E-state index is -1.04. The third-order valence-electron chi connectivity index (χ3n) is 3.52. The Kier molecular flexibility index (Phi) is 4.21. The van der Waals surface area contributed by atoms with E-state index in [1.807, 2.05) is 0 Å². The second kappa shape index (κ2) is 5.88. The standard InChI is InChI=1S/C13H20N4O2/c1-2-17-6-5-9(8-17)7-15-12-10(14)3-4-11(16-12)13(18)19/h3-4,9H,2,5-8,14H2,1H3,(H,15,16)(H,18,19). The molecule has 0 aromatic carbocycles. The van der Waals surface area contributed by atoms with E-state index in [9.17, 15) is 4.79 Å². The van der Waals surface area contributed by atoms with Crippen LogP contribution in [-0.4, -0.2) is 47.1 Å². The lowest BCUT2D eigenvalue weighted by Gasteiger charge is -2.15. The fraction of sp³-hybridized carbons (Fsp3) is 0.538. The van der Waals surface area contributed by atoms with Crippen molar-refractivity contribution in [2.45, 2.75) is 13.3 Å². The van der Waals surface area contributed by atoms with Gasteiger partial charge in [-0.05, 0) is 37.6 Å². The highest BCUT2D eigenvalue weighted by Crippen LogP contribution is 2.19. The Morgan fingerprint density at radius 3 is 3.05 bits per heavy atom. The van der Waals surface area contributed by atoms with Crippen molar-refractivity contribution < 1.29 is 9.90 Å². The van der Waals surface area contributed by atoms with Crippen LogP contribution >= 0.6 is 0 Å². The number of rotatable bonds is 5. The maximum Gasteiger partial charge on any atom is 0.354 e. The van der Waals surface area contributed by atoms with E-state index in [1.54, 1.807) is 6.07 Å². The lowest BCUT2D eigenvalue weighted by Crippen LogP contribution is -2.23. The van der Waals surface area contributed by atoms with Gasteiger partial charge in [-0.25, -0.2) is 9.78 Å². The van der Waals surface area contributed by atoms with Crippen LogP contribution in [0.1, 0.15) is 23.8 Å². The van der Waals surface area contributed by atoms with Crippen LogP contribution in [0.15, 0.2) is 12.1 Å². The largest absolute Gasteiger partial charge is 0.477 e. The first-order valence-corrected chi connectivity index (χ1v) is 6.56. The number of nitrogen functional groups attached to an aromatic ring is 1. The topological polar surface area (TPSA) is 91.5 Å². The van der Waals surface area contributed by atoms with Crippen LogP contribution in [0.4, 0.5) is 11.5 Å². The van der Waals surface area contributed by atoms with E-state index >= 15 is 0 Å². The number of carbonyl (C=O) groups is 1. The van der Waals surface area contributed by atoms with Gasteiger partial charge in [0, 0.05) is 13.1 Å². The second-order valence-corrected chi connectivity index (χ2v) is 4.87. The van der Waals surface area contributed by atoms with Crippen LogP contribution in [0.2, 0.25) is 0 Å². The number of pyridine rings is 1. The normalized spacial score (nSPS) is 19.5. The number of hydrogen-bond acceptors (Lipinski definition) is 5. The average molecular weight is 264 g/mol. The molecule has 1 unspecified atom stereocenters. The van der Waals surface area contributed by atoms with E-state index in [2.05, 4.69) is 22.1 Å². The number of nitrogens with zero attached hydrogens (tertiary/aromatic N) is 2. The minimum Gasteiger partial charge on any atom is -0.477 e. The molecule has 0 spiro atoms. The van der Waals surface area contributed by atoms with Gasteiger partial charge in [0.25, 0.3) is 0 Å². The Balaban J connectivity index is 1.96. The Hall–Kier alpha value is -1.82. The van der Waals surface area contributed by atoms with Crippen molar-refractivity contribution in [3.63, 3.8) is 0 Å². The molecule has 1 aromatic rings. The van der Waals surface area contributed by atoms with Crippen LogP contribution in [0, 0.1) is 5.92 Å². The minimum absolute atomic E-state index is 0.0123. The molecule has 1 aliphatic heterocycles. The van der Waals surface area contributed by atoms with Gasteiger partial charge in [0.2, 0.25) is 0 Å². The Labute approximate surface area is 112 Å². The predicted octanol–water partition coefficient (Wildman–Crippen LogP) is 1.12. The molecule has 1 saturated heterocycles. The monoisotopic (exact) mass is 264 g/mol. The molecule has 0 aliphatic carbocycles. The molecule has 4 N–H and O–H groups in total. The molecule has 1 atom stereocenters. The highest BCUT2D eigenvalue weighted by atomic mass is 16.4. The zero-order valence-corrected chi connectivity index (χ0v) is 11.1. The predicted molar refractivity (Wildman–Crippen MR) is 74.3 cm³/mol. The maximum absolute atomic E-state index is 10.9. The molecule has 6 nitrogen and oxygen atoms in total. The van der Waals surface area contributed by atoms with E-state index in [-0.39, 0.29) is 5.69 Å². The number of aromatic nitrogens is 1. The molecule has 0 amide bonds. The van der Waals surface area contributed by atoms with E-state index in [0.29, 0.717) is 17.4 Å². The van der Waals surface area contributed by atoms with E-state index in [4.69, 9.17) is 10.8 Å². The van der Waals surface area contributed by atoms with E-state index in [0.717, 1.165) is 32.6 Å². The van der Waals surface area contributed by atoms with Crippen molar-refractivity contribution in [2.75, 3.05) is 37.2 Å². The molecule has 1 fully saturated rings. The molecule has 2 heterocycles. The molecule has 0 saturated carbocycles. The molecule has 1 aromatic heterocycles. The summed E-state index contributed by atoms with van der Waals surface area (Å²) < 4.78 is 0. The summed E-state index contributed by atoms with van der Waals surface area (Å²) >= 11 is 0. The first-order valence-electron chi connectivity index (χ1n) is 6.56. The average Bonchev–Trinajstić information content (AvgIpc) is 2.85. The molecule has 0 radical (unpaired) electrons. The third-order valence-corrected chi connectivity index (χ3v) is 3.52. The van der Waals surface area contributed by atoms with Gasteiger partial charge in [-0.3, -0.25) is 0 Å². The highest BCUT2D eigenvalue weighted by Gasteiger charge is 2.21. The fourth-order valence-corrected chi connectivity index (χ4v) is 2.34. The zero-order valence-electron chi connectivity index (χ0n) is 11.1. The van der Waals surface area contributed by atoms with Crippen LogP contribution in [0.3, 0.4) is 0 Å². The molecule has 0 bridgehead atoms. The molecular weight excluding hydrogens is 244 g/mol. The van der Waals surface area contributed by atoms with Crippen molar-refractivity contribution in [3.05, 3.63) is 17.8 Å². The summed E-state index contributed by atoms with van der Waals surface area (Å²) in [5, 5.41) is 12.1. The summed E-state index contributed by atoms with van der Waals surface area (Å²) in [6.45, 7) is 6.21. The van der Waals surface area contributed by atoms with Crippen LogP contribution in [0.5, 0.6) is 0 Å². The number of carboxylic acids is 1. The number of anilines is 2. The summed E-state index contributed by atoms with van der Waals surface area (Å²) in [6, 6.07) is 2.99. The lowest BCUT2D eigenvalue weighted by atomic mass is 10.1. The number of nitrogens with one attached hydrogen (secondary N) is 1. The molecule has 6 heteroatoms. The maximum atomic E-state index is 10.9. The van der Waals surface area contributed by atoms with Crippen molar-refractivity contribution in [1.82, 2.24) is 9.88 Å². The summed E-state index contributed by atoms with van der Waals surface area (Å²) in [5.41, 5.74) is 6.29. The summed E-state index contributed by atoms with van der Waals surface area (Å²) in [5.74, 6) is -0.00874. The van der Waals surface area contributed by atoms with Crippen LogP contribution < -0.4 is 11.1 Å². The van der Waals surface area contributed by atoms with Gasteiger partial charge >= 0.3 is 5.97 Å². The quantitative estimate of drug-likeness (QED) is 0.738. The molecule has 1 aliphatic rings. The number of aromatic carboxylic acids is 1. The molecule has 19 heavy (non-hydrogen) atoms. The smallest absolute Gasteiger partial charge is 0.354 e. The zero-order chi connectivity index (χ0) is 13.8. The summed E-state index contributed by atoms with van der Waals surface area (Å²) in [4.78, 5) is 17.3. The SMILES string of the molecule is CCN1CCC(CNc2nc(C(=O)O)ccc2N)C1. The van der Waals surface area contributed by atoms with E-state index in [1.165, 1.54) is 6.07 Å². The Morgan fingerprint density at radius 2 is 2.42 bits per heavy atom.